The summed E-state index contributed by atoms with van der Waals surface area (Å²) in [6, 6.07) is 9.72. The van der Waals surface area contributed by atoms with Gasteiger partial charge < -0.3 is 0 Å². The van der Waals surface area contributed by atoms with Crippen LogP contribution in [0.3, 0.4) is 0 Å². The van der Waals surface area contributed by atoms with Crippen LogP contribution in [0.4, 0.5) is 0 Å². The topological polar surface area (TPSA) is 52.2 Å². The average Bonchev–Trinajstić information content (AvgIpc) is 3.18. The highest BCUT2D eigenvalue weighted by molar-refractivity contribution is 7.19. The molecule has 0 spiro atoms. The summed E-state index contributed by atoms with van der Waals surface area (Å²) in [4.78, 5) is 15.9. The number of hydrogen-bond acceptors (Lipinski definition) is 4. The van der Waals surface area contributed by atoms with Crippen LogP contribution in [0.25, 0.3) is 21.7 Å². The Bertz CT molecular complexity index is 1170. The highest BCUT2D eigenvalue weighted by Crippen LogP contribution is 2.41. The maximum Gasteiger partial charge on any atom is 0.268 e. The summed E-state index contributed by atoms with van der Waals surface area (Å²) in [7, 11) is 0. The molecule has 0 saturated heterocycles. The predicted molar refractivity (Wildman–Crippen MR) is 100 cm³/mol. The molecule has 1 unspecified atom stereocenters. The van der Waals surface area contributed by atoms with Crippen LogP contribution in [0, 0.1) is 6.92 Å². The smallest absolute Gasteiger partial charge is 0.268 e. The number of benzene rings is 1. The lowest BCUT2D eigenvalue weighted by molar-refractivity contribution is 0.601. The first kappa shape index (κ1) is 14.8. The quantitative estimate of drug-likeness (QED) is 0.524. The minimum Gasteiger partial charge on any atom is -0.268 e. The molecule has 0 saturated carbocycles. The number of nitrogens with zero attached hydrogens (tertiary/aromatic N) is 4. The fourth-order valence-corrected chi connectivity index (χ4v) is 5.51. The van der Waals surface area contributed by atoms with Crippen LogP contribution in [0.1, 0.15) is 41.9 Å². The Morgan fingerprint density at radius 2 is 2.00 bits per heavy atom. The molecule has 1 aliphatic rings. The number of rotatable bonds is 1. The normalized spacial score (nSPS) is 17.3. The molecule has 0 radical (unpaired) electrons. The van der Waals surface area contributed by atoms with Crippen molar-refractivity contribution in [3.63, 3.8) is 0 Å². The van der Waals surface area contributed by atoms with Crippen molar-refractivity contribution in [3.05, 3.63) is 57.0 Å². The van der Waals surface area contributed by atoms with Gasteiger partial charge in [0.25, 0.3) is 5.56 Å². The van der Waals surface area contributed by atoms with E-state index in [4.69, 9.17) is 0 Å². The van der Waals surface area contributed by atoms with Crippen LogP contribution in [0.5, 0.6) is 0 Å². The number of thiophene rings is 1. The maximum atomic E-state index is 13.5. The lowest BCUT2D eigenvalue weighted by Gasteiger charge is -2.18. The van der Waals surface area contributed by atoms with Crippen LogP contribution in [-0.2, 0) is 6.42 Å². The van der Waals surface area contributed by atoms with Crippen LogP contribution in [0.15, 0.2) is 35.1 Å². The molecule has 3 heterocycles. The van der Waals surface area contributed by atoms with Crippen molar-refractivity contribution in [2.24, 2.45) is 0 Å². The van der Waals surface area contributed by atoms with Crippen LogP contribution >= 0.6 is 11.3 Å². The molecule has 5 nitrogen and oxygen atoms in total. The molecule has 126 valence electrons. The van der Waals surface area contributed by atoms with E-state index in [0.29, 0.717) is 11.7 Å². The Morgan fingerprint density at radius 3 is 2.80 bits per heavy atom. The molecule has 0 fully saturated rings. The van der Waals surface area contributed by atoms with E-state index in [1.54, 1.807) is 15.9 Å². The standard InChI is InChI=1S/C19H18N4OS/c1-11-7-6-10-14-15(11)16-17(24)23(13-8-4-3-5-9-13)19-21-20-12(2)22(19)18(16)25-14/h3-5,8-9,11H,6-7,10H2,1-2H3. The van der Waals surface area contributed by atoms with Crippen molar-refractivity contribution in [1.29, 1.82) is 0 Å². The number of aromatic nitrogens is 4. The Balaban J connectivity index is 2.03. The van der Waals surface area contributed by atoms with Crippen molar-refractivity contribution in [1.82, 2.24) is 19.2 Å². The number of aryl methyl sites for hydroxylation is 2. The summed E-state index contributed by atoms with van der Waals surface area (Å²) in [5.74, 6) is 1.83. The van der Waals surface area contributed by atoms with Gasteiger partial charge in [0, 0.05) is 4.88 Å². The number of hydrogen-bond donors (Lipinski definition) is 0. The van der Waals surface area contributed by atoms with Gasteiger partial charge in [-0.1, -0.05) is 25.1 Å². The van der Waals surface area contributed by atoms with Gasteiger partial charge >= 0.3 is 0 Å². The zero-order chi connectivity index (χ0) is 17.1. The van der Waals surface area contributed by atoms with Crippen LogP contribution in [-0.4, -0.2) is 19.2 Å². The molecule has 0 amide bonds. The van der Waals surface area contributed by atoms with E-state index >= 15 is 0 Å². The Hall–Kier alpha value is -2.47. The molecular formula is C19H18N4OS. The first-order valence-corrected chi connectivity index (χ1v) is 9.46. The van der Waals surface area contributed by atoms with Gasteiger partial charge in [0.2, 0.25) is 5.78 Å². The Kier molecular flexibility index (Phi) is 3.12. The summed E-state index contributed by atoms with van der Waals surface area (Å²) in [5, 5.41) is 9.42. The zero-order valence-corrected chi connectivity index (χ0v) is 15.0. The third-order valence-electron chi connectivity index (χ3n) is 5.18. The van der Waals surface area contributed by atoms with Gasteiger partial charge in [-0.3, -0.25) is 9.20 Å². The number of para-hydroxylation sites is 1. The highest BCUT2D eigenvalue weighted by Gasteiger charge is 2.27. The summed E-state index contributed by atoms with van der Waals surface area (Å²) in [5.41, 5.74) is 2.10. The van der Waals surface area contributed by atoms with E-state index < -0.39 is 0 Å². The van der Waals surface area contributed by atoms with E-state index in [1.165, 1.54) is 16.9 Å². The molecule has 1 aromatic carbocycles. The molecule has 0 N–H and O–H groups in total. The zero-order valence-electron chi connectivity index (χ0n) is 14.2. The minimum absolute atomic E-state index is 0.0207. The lowest BCUT2D eigenvalue weighted by atomic mass is 9.88. The van der Waals surface area contributed by atoms with E-state index in [9.17, 15) is 4.79 Å². The van der Waals surface area contributed by atoms with Gasteiger partial charge in [-0.05, 0) is 49.8 Å². The molecule has 6 heteroatoms. The van der Waals surface area contributed by atoms with Gasteiger partial charge in [-0.25, -0.2) is 4.57 Å². The van der Waals surface area contributed by atoms with Gasteiger partial charge in [0.05, 0.1) is 11.1 Å². The van der Waals surface area contributed by atoms with Crippen molar-refractivity contribution >= 4 is 27.3 Å². The van der Waals surface area contributed by atoms with Gasteiger partial charge in [-0.2, -0.15) is 0 Å². The second-order valence-electron chi connectivity index (χ2n) is 6.77. The number of fused-ring (bicyclic) bond motifs is 5. The Labute approximate surface area is 148 Å². The SMILES string of the molecule is Cc1nnc2n(-c3ccccc3)c(=O)c3c4c(sc3n12)CCCC4C. The first-order chi connectivity index (χ1) is 12.2. The molecule has 25 heavy (non-hydrogen) atoms. The van der Waals surface area contributed by atoms with Crippen LogP contribution in [0.2, 0.25) is 0 Å². The van der Waals surface area contributed by atoms with Crippen molar-refractivity contribution in [2.45, 2.75) is 39.0 Å². The Morgan fingerprint density at radius 1 is 1.20 bits per heavy atom. The highest BCUT2D eigenvalue weighted by atomic mass is 32.1. The minimum atomic E-state index is 0.0207. The summed E-state index contributed by atoms with van der Waals surface area (Å²) < 4.78 is 3.75. The van der Waals surface area contributed by atoms with E-state index in [2.05, 4.69) is 17.1 Å². The third-order valence-corrected chi connectivity index (χ3v) is 6.43. The van der Waals surface area contributed by atoms with Crippen molar-refractivity contribution in [3.8, 4) is 5.69 Å². The first-order valence-electron chi connectivity index (χ1n) is 8.64. The van der Waals surface area contributed by atoms with E-state index in [1.807, 2.05) is 41.7 Å². The van der Waals surface area contributed by atoms with E-state index in [-0.39, 0.29) is 5.56 Å². The third kappa shape index (κ3) is 1.97. The van der Waals surface area contributed by atoms with Crippen LogP contribution < -0.4 is 5.56 Å². The second kappa shape index (κ2) is 5.26. The molecular weight excluding hydrogens is 332 g/mol. The molecule has 1 atom stereocenters. The summed E-state index contributed by atoms with van der Waals surface area (Å²) >= 11 is 1.74. The maximum absolute atomic E-state index is 13.5. The fourth-order valence-electron chi connectivity index (χ4n) is 4.01. The fraction of sp³-hybridized carbons (Fsp3) is 0.316. The predicted octanol–water partition coefficient (Wildman–Crippen LogP) is 3.84. The molecule has 5 rings (SSSR count). The molecule has 0 aliphatic heterocycles. The lowest BCUT2D eigenvalue weighted by Crippen LogP contribution is -2.22. The van der Waals surface area contributed by atoms with Gasteiger partial charge in [0.1, 0.15) is 10.7 Å². The van der Waals surface area contributed by atoms with Gasteiger partial charge in [-0.15, -0.1) is 21.5 Å². The molecule has 1 aliphatic carbocycles. The van der Waals surface area contributed by atoms with Crippen molar-refractivity contribution < 1.29 is 0 Å². The monoisotopic (exact) mass is 350 g/mol. The van der Waals surface area contributed by atoms with Gasteiger partial charge in [0.15, 0.2) is 0 Å². The largest absolute Gasteiger partial charge is 0.268 e. The summed E-state index contributed by atoms with van der Waals surface area (Å²) in [6.45, 7) is 4.18. The molecule has 4 aromatic rings. The molecule has 0 bridgehead atoms. The second-order valence-corrected chi connectivity index (χ2v) is 7.85. The summed E-state index contributed by atoms with van der Waals surface area (Å²) in [6.07, 6.45) is 3.40. The average molecular weight is 350 g/mol. The molecule has 3 aromatic heterocycles. The van der Waals surface area contributed by atoms with Crippen molar-refractivity contribution in [2.75, 3.05) is 0 Å². The van der Waals surface area contributed by atoms with E-state index in [0.717, 1.165) is 34.6 Å².